The zero-order chi connectivity index (χ0) is 16.7. The first kappa shape index (κ1) is 15.6. The lowest BCUT2D eigenvalue weighted by Gasteiger charge is -2.16. The number of halogens is 3. The maximum Gasteiger partial charge on any atom is 0.401 e. The summed E-state index contributed by atoms with van der Waals surface area (Å²) in [5.41, 5.74) is 0.154. The summed E-state index contributed by atoms with van der Waals surface area (Å²) in [6, 6.07) is 2.28. The fourth-order valence-electron chi connectivity index (χ4n) is 1.92. The van der Waals surface area contributed by atoms with Crippen LogP contribution in [0.2, 0.25) is 0 Å². The van der Waals surface area contributed by atoms with Crippen LogP contribution in [0.25, 0.3) is 0 Å². The smallest absolute Gasteiger partial charge is 0.272 e. The van der Waals surface area contributed by atoms with Gasteiger partial charge in [-0.25, -0.2) is 10.4 Å². The number of nitrogens with zero attached hydrogens (tertiary/aromatic N) is 3. The van der Waals surface area contributed by atoms with Gasteiger partial charge in [0.15, 0.2) is 0 Å². The van der Waals surface area contributed by atoms with Crippen LogP contribution in [0.15, 0.2) is 18.2 Å². The fraction of sp³-hybridized carbons (Fsp3) is 0.300. The summed E-state index contributed by atoms with van der Waals surface area (Å²) in [6.45, 7) is -0.767. The van der Waals surface area contributed by atoms with Gasteiger partial charge in [0.05, 0.1) is 15.9 Å². The highest BCUT2D eigenvalue weighted by Gasteiger charge is 2.51. The number of carbonyl (C=O) groups is 1. The Morgan fingerprint density at radius 3 is 2.32 bits per heavy atom. The number of nitro benzene ring substituents is 2. The Labute approximate surface area is 119 Å². The molecule has 1 unspecified atom stereocenters. The van der Waals surface area contributed by atoms with Gasteiger partial charge in [-0.1, -0.05) is 0 Å². The Hall–Kier alpha value is -2.76. The van der Waals surface area contributed by atoms with Gasteiger partial charge in [0, 0.05) is 12.6 Å². The summed E-state index contributed by atoms with van der Waals surface area (Å²) >= 11 is 0. The number of non-ortho nitro benzene ring substituents is 1. The van der Waals surface area contributed by atoms with E-state index >= 15 is 0 Å². The molecule has 0 aromatic heterocycles. The third kappa shape index (κ3) is 2.67. The number of nitro groups is 2. The highest BCUT2D eigenvalue weighted by atomic mass is 19.4. The molecular weight excluding hydrogens is 313 g/mol. The molecule has 1 aromatic carbocycles. The Kier molecular flexibility index (Phi) is 3.70. The highest BCUT2D eigenvalue weighted by molar-refractivity contribution is 5.98. The van der Waals surface area contributed by atoms with Gasteiger partial charge in [-0.05, 0) is 6.07 Å². The average Bonchev–Trinajstić information content (AvgIpc) is 2.79. The van der Waals surface area contributed by atoms with Gasteiger partial charge in [-0.15, -0.1) is 0 Å². The number of nitrogens with one attached hydrogen (secondary N) is 1. The molecule has 12 heteroatoms. The lowest BCUT2D eigenvalue weighted by Crippen LogP contribution is -2.37. The molecule has 0 spiro atoms. The molecule has 2 rings (SSSR count). The van der Waals surface area contributed by atoms with E-state index in [0.717, 1.165) is 12.1 Å². The summed E-state index contributed by atoms with van der Waals surface area (Å²) in [5, 5.41) is 21.9. The second-order valence-corrected chi connectivity index (χ2v) is 4.32. The number of hydrogen-bond donors (Lipinski definition) is 1. The predicted octanol–water partition coefficient (Wildman–Crippen LogP) is 1.53. The van der Waals surface area contributed by atoms with E-state index in [0.29, 0.717) is 11.1 Å². The van der Waals surface area contributed by atoms with Crippen molar-refractivity contribution in [3.05, 3.63) is 38.4 Å². The molecule has 22 heavy (non-hydrogen) atoms. The van der Waals surface area contributed by atoms with Gasteiger partial charge in [-0.2, -0.15) is 13.2 Å². The van der Waals surface area contributed by atoms with Gasteiger partial charge in [0.2, 0.25) is 0 Å². The second-order valence-electron chi connectivity index (χ2n) is 4.32. The van der Waals surface area contributed by atoms with E-state index in [1.165, 1.54) is 0 Å². The zero-order valence-electron chi connectivity index (χ0n) is 10.5. The Morgan fingerprint density at radius 2 is 1.86 bits per heavy atom. The highest BCUT2D eigenvalue weighted by Crippen LogP contribution is 2.36. The minimum atomic E-state index is -4.80. The molecule has 1 atom stereocenters. The number of rotatable bonds is 3. The van der Waals surface area contributed by atoms with Crippen LogP contribution in [0, 0.1) is 26.1 Å². The van der Waals surface area contributed by atoms with Gasteiger partial charge in [0.25, 0.3) is 11.6 Å². The normalized spacial score (nSPS) is 18.6. The molecule has 0 radical (unpaired) electrons. The number of hydrazine groups is 1. The summed E-state index contributed by atoms with van der Waals surface area (Å²) in [5.74, 6) is -3.74. The van der Waals surface area contributed by atoms with Crippen LogP contribution in [0.5, 0.6) is 0 Å². The minimum Gasteiger partial charge on any atom is -0.272 e. The van der Waals surface area contributed by atoms with Crippen LogP contribution in [-0.4, -0.2) is 28.5 Å². The van der Waals surface area contributed by atoms with Crippen LogP contribution < -0.4 is 10.4 Å². The number of hydrogen-bond acceptors (Lipinski definition) is 6. The zero-order valence-corrected chi connectivity index (χ0v) is 10.5. The molecule has 1 saturated heterocycles. The molecule has 1 amide bonds. The summed E-state index contributed by atoms with van der Waals surface area (Å²) in [6.07, 6.45) is -4.80. The first-order chi connectivity index (χ1) is 10.1. The quantitative estimate of drug-likeness (QED) is 0.666. The molecule has 1 aromatic rings. The van der Waals surface area contributed by atoms with Crippen molar-refractivity contribution in [1.82, 2.24) is 5.43 Å². The largest absolute Gasteiger partial charge is 0.401 e. The predicted molar refractivity (Wildman–Crippen MR) is 64.8 cm³/mol. The van der Waals surface area contributed by atoms with Crippen molar-refractivity contribution in [1.29, 1.82) is 0 Å². The van der Waals surface area contributed by atoms with Crippen molar-refractivity contribution in [3.63, 3.8) is 0 Å². The maximum absolute atomic E-state index is 12.6. The van der Waals surface area contributed by atoms with Gasteiger partial charge >= 0.3 is 11.9 Å². The molecule has 0 aliphatic carbocycles. The number of alkyl halides is 3. The van der Waals surface area contributed by atoms with E-state index in [-0.39, 0.29) is 0 Å². The fourth-order valence-corrected chi connectivity index (χ4v) is 1.92. The maximum atomic E-state index is 12.6. The number of carbonyl (C=O) groups excluding carboxylic acids is 1. The summed E-state index contributed by atoms with van der Waals surface area (Å²) in [4.78, 5) is 31.4. The Bertz CT molecular complexity index is 662. The van der Waals surface area contributed by atoms with Crippen LogP contribution in [0.3, 0.4) is 0 Å². The molecule has 1 aliphatic heterocycles. The van der Waals surface area contributed by atoms with Crippen molar-refractivity contribution in [2.24, 2.45) is 5.92 Å². The standard InChI is InChI=1S/C10H7F3N4O5/c11-10(12,13)6-4-14-15(9(6)18)7-2-1-5(16(19)20)3-8(7)17(21)22/h1-3,6,14H,4H2. The van der Waals surface area contributed by atoms with Crippen LogP contribution >= 0.6 is 0 Å². The molecule has 1 fully saturated rings. The van der Waals surface area contributed by atoms with Crippen molar-refractivity contribution in [2.75, 3.05) is 11.6 Å². The molecule has 9 nitrogen and oxygen atoms in total. The van der Waals surface area contributed by atoms with Gasteiger partial charge < -0.3 is 0 Å². The van der Waals surface area contributed by atoms with Gasteiger partial charge in [-0.3, -0.25) is 25.0 Å². The van der Waals surface area contributed by atoms with E-state index in [4.69, 9.17) is 0 Å². The van der Waals surface area contributed by atoms with E-state index < -0.39 is 51.5 Å². The SMILES string of the molecule is O=C1C(C(F)(F)F)CNN1c1ccc([N+](=O)[O-])cc1[N+](=O)[O-]. The number of amides is 1. The van der Waals surface area contributed by atoms with E-state index in [2.05, 4.69) is 5.43 Å². The van der Waals surface area contributed by atoms with Crippen molar-refractivity contribution in [2.45, 2.75) is 6.18 Å². The first-order valence-corrected chi connectivity index (χ1v) is 5.70. The van der Waals surface area contributed by atoms with E-state index in [1.807, 2.05) is 0 Å². The van der Waals surface area contributed by atoms with Crippen molar-refractivity contribution in [3.8, 4) is 0 Å². The average molecular weight is 320 g/mol. The topological polar surface area (TPSA) is 119 Å². The van der Waals surface area contributed by atoms with Crippen molar-refractivity contribution < 1.29 is 27.8 Å². The molecule has 0 bridgehead atoms. The Morgan fingerprint density at radius 1 is 1.23 bits per heavy atom. The monoisotopic (exact) mass is 320 g/mol. The van der Waals surface area contributed by atoms with Crippen molar-refractivity contribution >= 4 is 23.0 Å². The molecule has 118 valence electrons. The van der Waals surface area contributed by atoms with E-state index in [1.54, 1.807) is 0 Å². The number of benzene rings is 1. The minimum absolute atomic E-state index is 0.389. The molecule has 1 heterocycles. The second kappa shape index (κ2) is 5.22. The molecule has 1 N–H and O–H groups in total. The number of anilines is 1. The molecule has 1 aliphatic rings. The summed E-state index contributed by atoms with van der Waals surface area (Å²) < 4.78 is 37.9. The lowest BCUT2D eigenvalue weighted by molar-refractivity contribution is -0.393. The molecular formula is C10H7F3N4O5. The van der Waals surface area contributed by atoms with Crippen LogP contribution in [0.4, 0.5) is 30.2 Å². The lowest BCUT2D eigenvalue weighted by atomic mass is 10.1. The first-order valence-electron chi connectivity index (χ1n) is 5.70. The van der Waals surface area contributed by atoms with Gasteiger partial charge in [0.1, 0.15) is 11.6 Å². The molecule has 0 saturated carbocycles. The van der Waals surface area contributed by atoms with Crippen LogP contribution in [-0.2, 0) is 4.79 Å². The van der Waals surface area contributed by atoms with E-state index in [9.17, 15) is 38.2 Å². The van der Waals surface area contributed by atoms with Crippen LogP contribution in [0.1, 0.15) is 0 Å². The Balaban J connectivity index is 2.43. The third-order valence-corrected chi connectivity index (χ3v) is 2.97. The third-order valence-electron chi connectivity index (χ3n) is 2.97. The summed E-state index contributed by atoms with van der Waals surface area (Å²) in [7, 11) is 0.